The van der Waals surface area contributed by atoms with Crippen LogP contribution >= 0.6 is 0 Å². The molecular formula is C24H27N3O2. The van der Waals surface area contributed by atoms with Gasteiger partial charge in [-0.2, -0.15) is 5.10 Å². The third-order valence-electron chi connectivity index (χ3n) is 5.08. The van der Waals surface area contributed by atoms with Crippen molar-refractivity contribution < 1.29 is 9.59 Å². The van der Waals surface area contributed by atoms with Crippen LogP contribution in [0.5, 0.6) is 0 Å². The first-order valence-corrected chi connectivity index (χ1v) is 9.98. The van der Waals surface area contributed by atoms with Crippen molar-refractivity contribution in [2.24, 2.45) is 0 Å². The summed E-state index contributed by atoms with van der Waals surface area (Å²) < 4.78 is 1.49. The standard InChI is InChI=1S/C24H27N3O2/c1-5-6-10-22-17(3)26-27(18(22)4)24(29)19-11-13-21(14-12-19)25-23(28)20-9-7-8-16(2)15-20/h7-9,11-15H,5-6,10H2,1-4H3,(H,25,28). The van der Waals surface area contributed by atoms with Crippen molar-refractivity contribution in [2.45, 2.75) is 47.0 Å². The molecule has 3 rings (SSSR count). The van der Waals surface area contributed by atoms with Crippen LogP contribution in [0.4, 0.5) is 5.69 Å². The molecule has 29 heavy (non-hydrogen) atoms. The molecule has 5 nitrogen and oxygen atoms in total. The van der Waals surface area contributed by atoms with Crippen molar-refractivity contribution in [2.75, 3.05) is 5.32 Å². The maximum absolute atomic E-state index is 12.9. The van der Waals surface area contributed by atoms with Gasteiger partial charge in [0.15, 0.2) is 0 Å². The summed E-state index contributed by atoms with van der Waals surface area (Å²) >= 11 is 0. The van der Waals surface area contributed by atoms with Crippen molar-refractivity contribution in [3.8, 4) is 0 Å². The Labute approximate surface area is 171 Å². The highest BCUT2D eigenvalue weighted by Crippen LogP contribution is 2.18. The molecule has 0 unspecified atom stereocenters. The van der Waals surface area contributed by atoms with Crippen LogP contribution < -0.4 is 5.32 Å². The van der Waals surface area contributed by atoms with Crippen molar-refractivity contribution >= 4 is 17.5 Å². The summed E-state index contributed by atoms with van der Waals surface area (Å²) in [5, 5.41) is 7.32. The minimum Gasteiger partial charge on any atom is -0.322 e. The molecule has 1 aromatic heterocycles. The Kier molecular flexibility index (Phi) is 6.27. The van der Waals surface area contributed by atoms with Gasteiger partial charge in [0, 0.05) is 22.5 Å². The second-order valence-corrected chi connectivity index (χ2v) is 7.37. The minimum atomic E-state index is -0.174. The summed E-state index contributed by atoms with van der Waals surface area (Å²) in [6.07, 6.45) is 3.12. The van der Waals surface area contributed by atoms with Crippen LogP contribution in [0.15, 0.2) is 48.5 Å². The van der Waals surface area contributed by atoms with Gasteiger partial charge < -0.3 is 5.32 Å². The molecular weight excluding hydrogens is 362 g/mol. The number of nitrogens with zero attached hydrogens (tertiary/aromatic N) is 2. The topological polar surface area (TPSA) is 64.0 Å². The van der Waals surface area contributed by atoms with E-state index in [2.05, 4.69) is 17.3 Å². The van der Waals surface area contributed by atoms with Gasteiger partial charge in [-0.15, -0.1) is 0 Å². The molecule has 1 N–H and O–H groups in total. The zero-order chi connectivity index (χ0) is 21.0. The number of aromatic nitrogens is 2. The van der Waals surface area contributed by atoms with Gasteiger partial charge >= 0.3 is 0 Å². The highest BCUT2D eigenvalue weighted by molar-refractivity contribution is 6.04. The molecule has 1 heterocycles. The Balaban J connectivity index is 1.75. The molecule has 0 fully saturated rings. The van der Waals surface area contributed by atoms with Gasteiger partial charge in [-0.3, -0.25) is 9.59 Å². The number of unbranched alkanes of at least 4 members (excludes halogenated alkanes) is 1. The van der Waals surface area contributed by atoms with E-state index in [4.69, 9.17) is 0 Å². The number of amides is 1. The number of carbonyl (C=O) groups is 2. The number of benzene rings is 2. The van der Waals surface area contributed by atoms with Crippen LogP contribution in [0.2, 0.25) is 0 Å². The highest BCUT2D eigenvalue weighted by Gasteiger charge is 2.17. The fraction of sp³-hybridized carbons (Fsp3) is 0.292. The fourth-order valence-corrected chi connectivity index (χ4v) is 3.40. The summed E-state index contributed by atoms with van der Waals surface area (Å²) in [5.74, 6) is -0.336. The lowest BCUT2D eigenvalue weighted by molar-refractivity contribution is 0.0941. The average Bonchev–Trinajstić information content (AvgIpc) is 3.00. The van der Waals surface area contributed by atoms with E-state index >= 15 is 0 Å². The van der Waals surface area contributed by atoms with Crippen LogP contribution in [0.25, 0.3) is 0 Å². The second kappa shape index (κ2) is 8.86. The molecule has 0 saturated heterocycles. The first-order valence-electron chi connectivity index (χ1n) is 9.98. The molecule has 1 amide bonds. The number of hydrogen-bond donors (Lipinski definition) is 1. The van der Waals surface area contributed by atoms with E-state index in [0.29, 0.717) is 16.8 Å². The van der Waals surface area contributed by atoms with Crippen molar-refractivity contribution in [3.63, 3.8) is 0 Å². The molecule has 0 bridgehead atoms. The lowest BCUT2D eigenvalue weighted by Crippen LogP contribution is -2.16. The predicted molar refractivity (Wildman–Crippen MR) is 116 cm³/mol. The van der Waals surface area contributed by atoms with Crippen molar-refractivity contribution in [1.82, 2.24) is 9.78 Å². The largest absolute Gasteiger partial charge is 0.322 e. The average molecular weight is 389 g/mol. The third-order valence-corrected chi connectivity index (χ3v) is 5.08. The third kappa shape index (κ3) is 4.62. The summed E-state index contributed by atoms with van der Waals surface area (Å²) in [7, 11) is 0. The van der Waals surface area contributed by atoms with Gasteiger partial charge in [0.1, 0.15) is 0 Å². The highest BCUT2D eigenvalue weighted by atomic mass is 16.2. The van der Waals surface area contributed by atoms with E-state index in [1.54, 1.807) is 30.3 Å². The molecule has 0 atom stereocenters. The van der Waals surface area contributed by atoms with Gasteiger partial charge in [-0.05, 0) is 75.6 Å². The van der Waals surface area contributed by atoms with Crippen LogP contribution in [0.1, 0.15) is 63.0 Å². The molecule has 0 aliphatic rings. The van der Waals surface area contributed by atoms with Crippen molar-refractivity contribution in [3.05, 3.63) is 82.2 Å². The van der Waals surface area contributed by atoms with Gasteiger partial charge in [-0.1, -0.05) is 31.0 Å². The SMILES string of the molecule is CCCCc1c(C)nn(C(=O)c2ccc(NC(=O)c3cccc(C)c3)cc2)c1C. The number of hydrogen-bond acceptors (Lipinski definition) is 3. The van der Waals surface area contributed by atoms with E-state index in [1.807, 2.05) is 39.0 Å². The van der Waals surface area contributed by atoms with Crippen LogP contribution in [0.3, 0.4) is 0 Å². The van der Waals surface area contributed by atoms with E-state index in [-0.39, 0.29) is 11.8 Å². The molecule has 2 aromatic carbocycles. The Morgan fingerprint density at radius 3 is 2.38 bits per heavy atom. The fourth-order valence-electron chi connectivity index (χ4n) is 3.40. The summed E-state index contributed by atoms with van der Waals surface area (Å²) in [6, 6.07) is 14.3. The molecule has 0 aliphatic carbocycles. The monoisotopic (exact) mass is 389 g/mol. The zero-order valence-electron chi connectivity index (χ0n) is 17.5. The summed E-state index contributed by atoms with van der Waals surface area (Å²) in [6.45, 7) is 7.99. The Morgan fingerprint density at radius 1 is 1.00 bits per heavy atom. The zero-order valence-corrected chi connectivity index (χ0v) is 17.5. The number of carbonyl (C=O) groups excluding carboxylic acids is 2. The minimum absolute atomic E-state index is 0.162. The number of anilines is 1. The Morgan fingerprint density at radius 2 is 1.72 bits per heavy atom. The molecule has 0 spiro atoms. The van der Waals surface area contributed by atoms with Gasteiger partial charge in [0.05, 0.1) is 5.69 Å². The first kappa shape index (κ1) is 20.5. The molecule has 3 aromatic rings. The molecule has 0 radical (unpaired) electrons. The second-order valence-electron chi connectivity index (χ2n) is 7.37. The number of nitrogens with one attached hydrogen (secondary N) is 1. The van der Waals surface area contributed by atoms with Gasteiger partial charge in [0.2, 0.25) is 0 Å². The van der Waals surface area contributed by atoms with E-state index < -0.39 is 0 Å². The smallest absolute Gasteiger partial charge is 0.278 e. The maximum Gasteiger partial charge on any atom is 0.278 e. The lowest BCUT2D eigenvalue weighted by atomic mass is 10.1. The summed E-state index contributed by atoms with van der Waals surface area (Å²) in [5.41, 5.74) is 5.77. The van der Waals surface area contributed by atoms with E-state index in [0.717, 1.165) is 41.8 Å². The van der Waals surface area contributed by atoms with Crippen LogP contribution in [-0.2, 0) is 6.42 Å². The number of aryl methyl sites for hydroxylation is 2. The first-order chi connectivity index (χ1) is 13.9. The number of rotatable bonds is 6. The van der Waals surface area contributed by atoms with Crippen LogP contribution in [-0.4, -0.2) is 21.6 Å². The van der Waals surface area contributed by atoms with Crippen LogP contribution in [0, 0.1) is 20.8 Å². The van der Waals surface area contributed by atoms with E-state index in [9.17, 15) is 9.59 Å². The molecule has 5 heteroatoms. The maximum atomic E-state index is 12.9. The quantitative estimate of drug-likeness (QED) is 0.638. The van der Waals surface area contributed by atoms with E-state index in [1.165, 1.54) is 4.68 Å². The summed E-state index contributed by atoms with van der Waals surface area (Å²) in [4.78, 5) is 25.3. The molecule has 0 aliphatic heterocycles. The predicted octanol–water partition coefficient (Wildman–Crippen LogP) is 5.09. The van der Waals surface area contributed by atoms with Crippen molar-refractivity contribution in [1.29, 1.82) is 0 Å². The van der Waals surface area contributed by atoms with Gasteiger partial charge in [0.25, 0.3) is 11.8 Å². The lowest BCUT2D eigenvalue weighted by Gasteiger charge is -2.08. The Hall–Kier alpha value is -3.21. The molecule has 150 valence electrons. The normalized spacial score (nSPS) is 10.8. The molecule has 0 saturated carbocycles. The van der Waals surface area contributed by atoms with Gasteiger partial charge in [-0.25, -0.2) is 4.68 Å². The Bertz CT molecular complexity index is 1030.